The molecular weight excluding hydrogens is 240 g/mol. The Morgan fingerprint density at radius 2 is 2.16 bits per heavy atom. The lowest BCUT2D eigenvalue weighted by Gasteiger charge is -2.35. The highest BCUT2D eigenvalue weighted by molar-refractivity contribution is 5.86. The fourth-order valence-corrected chi connectivity index (χ4v) is 2.35. The van der Waals surface area contributed by atoms with Crippen molar-refractivity contribution < 1.29 is 9.90 Å². The van der Waals surface area contributed by atoms with E-state index in [0.29, 0.717) is 18.7 Å². The van der Waals surface area contributed by atoms with E-state index in [2.05, 4.69) is 6.07 Å². The number of rotatable bonds is 2. The van der Waals surface area contributed by atoms with E-state index >= 15 is 0 Å². The van der Waals surface area contributed by atoms with Crippen molar-refractivity contribution in [3.63, 3.8) is 0 Å². The number of likely N-dealkylation sites (tertiary alicyclic amines) is 1. The number of β-amino-alcohol motifs (C(OH)–C–C–N with tert-alkyl or cyclic N) is 1. The summed E-state index contributed by atoms with van der Waals surface area (Å²) < 4.78 is 0. The Morgan fingerprint density at radius 1 is 1.47 bits per heavy atom. The van der Waals surface area contributed by atoms with Crippen LogP contribution in [0.1, 0.15) is 24.8 Å². The second kappa shape index (κ2) is 5.85. The molecule has 0 radical (unpaired) electrons. The molecule has 2 rings (SSSR count). The van der Waals surface area contributed by atoms with E-state index in [1.165, 1.54) is 0 Å². The maximum atomic E-state index is 12.4. The van der Waals surface area contributed by atoms with Gasteiger partial charge in [-0.05, 0) is 17.9 Å². The molecule has 0 aromatic heterocycles. The van der Waals surface area contributed by atoms with Gasteiger partial charge in [-0.3, -0.25) is 4.79 Å². The van der Waals surface area contributed by atoms with E-state index in [4.69, 9.17) is 0 Å². The van der Waals surface area contributed by atoms with E-state index in [1.54, 1.807) is 17.0 Å². The minimum atomic E-state index is -0.776. The quantitative estimate of drug-likeness (QED) is 0.874. The van der Waals surface area contributed by atoms with E-state index < -0.39 is 12.0 Å². The summed E-state index contributed by atoms with van der Waals surface area (Å²) >= 11 is 0. The highest BCUT2D eigenvalue weighted by Crippen LogP contribution is 2.22. The number of amides is 1. The van der Waals surface area contributed by atoms with Gasteiger partial charge in [-0.25, -0.2) is 0 Å². The third-order valence-electron chi connectivity index (χ3n) is 3.74. The molecular formula is C15H18N2O2. The van der Waals surface area contributed by atoms with Crippen LogP contribution in [0.5, 0.6) is 0 Å². The van der Waals surface area contributed by atoms with Crippen molar-refractivity contribution in [3.8, 4) is 6.07 Å². The van der Waals surface area contributed by atoms with Crippen LogP contribution in [-0.2, 0) is 4.79 Å². The summed E-state index contributed by atoms with van der Waals surface area (Å²) in [6.45, 7) is 2.92. The summed E-state index contributed by atoms with van der Waals surface area (Å²) in [6.07, 6.45) is 0.285. The van der Waals surface area contributed by atoms with Crippen LogP contribution < -0.4 is 0 Å². The van der Waals surface area contributed by atoms with Gasteiger partial charge in [0.25, 0.3) is 0 Å². The third-order valence-corrected chi connectivity index (χ3v) is 3.74. The largest absolute Gasteiger partial charge is 0.391 e. The van der Waals surface area contributed by atoms with Crippen molar-refractivity contribution in [1.82, 2.24) is 4.90 Å². The number of piperidine rings is 1. The molecule has 3 unspecified atom stereocenters. The standard InChI is InChI=1S/C15H18N2O2/c1-11-7-8-17(10-14(11)18)15(19)13(9-16)12-5-3-2-4-6-12/h2-6,11,13-14,18H,7-8,10H2,1H3. The number of aliphatic hydroxyl groups is 1. The van der Waals surface area contributed by atoms with Crippen molar-refractivity contribution in [2.24, 2.45) is 5.92 Å². The van der Waals surface area contributed by atoms with Crippen LogP contribution in [0, 0.1) is 17.2 Å². The third kappa shape index (κ3) is 2.94. The van der Waals surface area contributed by atoms with Crippen molar-refractivity contribution in [2.75, 3.05) is 13.1 Å². The molecule has 1 heterocycles. The van der Waals surface area contributed by atoms with E-state index in [0.717, 1.165) is 6.42 Å². The van der Waals surface area contributed by atoms with Gasteiger partial charge in [-0.1, -0.05) is 37.3 Å². The van der Waals surface area contributed by atoms with Crippen LogP contribution in [0.4, 0.5) is 0 Å². The molecule has 1 aliphatic heterocycles. The zero-order valence-corrected chi connectivity index (χ0v) is 11.0. The van der Waals surface area contributed by atoms with Gasteiger partial charge in [-0.15, -0.1) is 0 Å². The average molecular weight is 258 g/mol. The fraction of sp³-hybridized carbons (Fsp3) is 0.467. The van der Waals surface area contributed by atoms with Crippen molar-refractivity contribution in [3.05, 3.63) is 35.9 Å². The van der Waals surface area contributed by atoms with Crippen LogP contribution in [0.15, 0.2) is 30.3 Å². The number of carbonyl (C=O) groups excluding carboxylic acids is 1. The Kier molecular flexibility index (Phi) is 4.18. The monoisotopic (exact) mass is 258 g/mol. The predicted octanol–water partition coefficient (Wildman–Crippen LogP) is 1.52. The van der Waals surface area contributed by atoms with Gasteiger partial charge < -0.3 is 10.0 Å². The molecule has 19 heavy (non-hydrogen) atoms. The average Bonchev–Trinajstić information content (AvgIpc) is 2.44. The topological polar surface area (TPSA) is 64.3 Å². The van der Waals surface area contributed by atoms with E-state index in [1.807, 2.05) is 25.1 Å². The molecule has 4 heteroatoms. The Bertz CT molecular complexity index is 481. The van der Waals surface area contributed by atoms with Crippen LogP contribution in [-0.4, -0.2) is 35.1 Å². The molecule has 1 fully saturated rings. The molecule has 100 valence electrons. The summed E-state index contributed by atoms with van der Waals surface area (Å²) in [4.78, 5) is 14.0. The first-order valence-corrected chi connectivity index (χ1v) is 6.55. The smallest absolute Gasteiger partial charge is 0.244 e. The minimum absolute atomic E-state index is 0.209. The molecule has 1 aromatic carbocycles. The Labute approximate surface area is 113 Å². The molecule has 0 bridgehead atoms. The molecule has 4 nitrogen and oxygen atoms in total. The number of hydrogen-bond donors (Lipinski definition) is 1. The maximum Gasteiger partial charge on any atom is 0.244 e. The number of nitriles is 1. The molecule has 0 spiro atoms. The van der Waals surface area contributed by atoms with Gasteiger partial charge in [0.05, 0.1) is 12.2 Å². The Balaban J connectivity index is 2.12. The normalized spacial score (nSPS) is 24.6. The summed E-state index contributed by atoms with van der Waals surface area (Å²) in [6, 6.07) is 11.1. The summed E-state index contributed by atoms with van der Waals surface area (Å²) in [5.74, 6) is -0.775. The first-order chi connectivity index (χ1) is 9.13. The fourth-order valence-electron chi connectivity index (χ4n) is 2.35. The van der Waals surface area contributed by atoms with Gasteiger partial charge in [0.1, 0.15) is 5.92 Å². The lowest BCUT2D eigenvalue weighted by atomic mass is 9.93. The summed E-state index contributed by atoms with van der Waals surface area (Å²) in [7, 11) is 0. The first kappa shape index (κ1) is 13.6. The molecule has 0 aliphatic carbocycles. The van der Waals surface area contributed by atoms with Gasteiger partial charge in [0, 0.05) is 13.1 Å². The zero-order chi connectivity index (χ0) is 13.8. The van der Waals surface area contributed by atoms with Crippen LogP contribution in [0.3, 0.4) is 0 Å². The van der Waals surface area contributed by atoms with Gasteiger partial charge in [0.15, 0.2) is 0 Å². The summed E-state index contributed by atoms with van der Waals surface area (Å²) in [5.41, 5.74) is 0.711. The number of aliphatic hydroxyl groups excluding tert-OH is 1. The molecule has 1 aromatic rings. The molecule has 1 amide bonds. The van der Waals surface area contributed by atoms with Gasteiger partial charge in [-0.2, -0.15) is 5.26 Å². The molecule has 1 N–H and O–H groups in total. The summed E-state index contributed by atoms with van der Waals surface area (Å²) in [5, 5.41) is 19.1. The number of nitrogens with zero attached hydrogens (tertiary/aromatic N) is 2. The molecule has 3 atom stereocenters. The predicted molar refractivity (Wildman–Crippen MR) is 71.2 cm³/mol. The highest BCUT2D eigenvalue weighted by Gasteiger charge is 2.31. The van der Waals surface area contributed by atoms with Crippen molar-refractivity contribution in [1.29, 1.82) is 5.26 Å². The van der Waals surface area contributed by atoms with Crippen molar-refractivity contribution >= 4 is 5.91 Å². The zero-order valence-electron chi connectivity index (χ0n) is 11.0. The minimum Gasteiger partial charge on any atom is -0.391 e. The number of carbonyl (C=O) groups is 1. The number of hydrogen-bond acceptors (Lipinski definition) is 3. The SMILES string of the molecule is CC1CCN(C(=O)C(C#N)c2ccccc2)CC1O. The number of benzene rings is 1. The maximum absolute atomic E-state index is 12.4. The lowest BCUT2D eigenvalue weighted by molar-refractivity contribution is -0.135. The van der Waals surface area contributed by atoms with Gasteiger partial charge >= 0.3 is 0 Å². The van der Waals surface area contributed by atoms with Crippen LogP contribution in [0.25, 0.3) is 0 Å². The molecule has 1 saturated heterocycles. The Hall–Kier alpha value is -1.86. The molecule has 1 aliphatic rings. The Morgan fingerprint density at radius 3 is 2.74 bits per heavy atom. The molecule has 0 saturated carbocycles. The van der Waals surface area contributed by atoms with Crippen LogP contribution in [0.2, 0.25) is 0 Å². The lowest BCUT2D eigenvalue weighted by Crippen LogP contribution is -2.47. The van der Waals surface area contributed by atoms with E-state index in [9.17, 15) is 15.2 Å². The van der Waals surface area contributed by atoms with Crippen molar-refractivity contribution in [2.45, 2.75) is 25.4 Å². The van der Waals surface area contributed by atoms with E-state index in [-0.39, 0.29) is 11.8 Å². The highest BCUT2D eigenvalue weighted by atomic mass is 16.3. The van der Waals surface area contributed by atoms with Gasteiger partial charge in [0.2, 0.25) is 5.91 Å². The second-order valence-electron chi connectivity index (χ2n) is 5.09. The van der Waals surface area contributed by atoms with Crippen LogP contribution >= 0.6 is 0 Å². The second-order valence-corrected chi connectivity index (χ2v) is 5.09. The first-order valence-electron chi connectivity index (χ1n) is 6.55.